The Morgan fingerprint density at radius 2 is 1.76 bits per heavy atom. The summed E-state index contributed by atoms with van der Waals surface area (Å²) in [4.78, 5) is 44.5. The number of ether oxygens (including phenoxy) is 2. The van der Waals surface area contributed by atoms with Crippen molar-refractivity contribution in [3.8, 4) is 16.9 Å². The van der Waals surface area contributed by atoms with Gasteiger partial charge in [-0.15, -0.1) is 0 Å². The van der Waals surface area contributed by atoms with Gasteiger partial charge in [0.25, 0.3) is 11.5 Å². The maximum atomic E-state index is 13.5. The van der Waals surface area contributed by atoms with E-state index < -0.39 is 17.5 Å². The van der Waals surface area contributed by atoms with E-state index in [2.05, 4.69) is 4.98 Å². The third-order valence-corrected chi connectivity index (χ3v) is 7.22. The number of rotatable bonds is 4. The quantitative estimate of drug-likeness (QED) is 0.503. The Morgan fingerprint density at radius 3 is 2.42 bits per heavy atom. The lowest BCUT2D eigenvalue weighted by Crippen LogP contribution is -2.54. The van der Waals surface area contributed by atoms with Gasteiger partial charge in [0.2, 0.25) is 0 Å². The number of aromatic amines is 1. The first-order valence-corrected chi connectivity index (χ1v) is 12.9. The molecular weight excluding hydrogens is 513 g/mol. The minimum absolute atomic E-state index is 0.0815. The van der Waals surface area contributed by atoms with Crippen LogP contribution in [0, 0.1) is 5.82 Å². The molecule has 2 aliphatic heterocycles. The molecule has 0 aliphatic carbocycles. The van der Waals surface area contributed by atoms with Crippen molar-refractivity contribution in [3.05, 3.63) is 63.8 Å². The molecule has 1 aromatic heterocycles. The molecule has 2 amide bonds. The standard InChI is InChI=1S/C28H29ClFN3O5/c1-15(26(35)32-13-18-10-17(32)14-33(18)27(36)38-28(2,3)4)37-19-6-8-20-22(11-19)25(34)31-12-23(20)21-7-5-16(30)9-24(21)29/h5-9,11-12,15,17-18H,10,13-14H2,1-4H3,(H,31,34)/t15-,17?,18?/m1/s1. The number of aromatic nitrogens is 1. The van der Waals surface area contributed by atoms with Crippen LogP contribution in [-0.2, 0) is 9.53 Å². The van der Waals surface area contributed by atoms with Gasteiger partial charge in [-0.1, -0.05) is 11.6 Å². The molecule has 2 aromatic carbocycles. The van der Waals surface area contributed by atoms with Crippen LogP contribution in [0.5, 0.6) is 5.75 Å². The highest BCUT2D eigenvalue weighted by atomic mass is 35.5. The fourth-order valence-corrected chi connectivity index (χ4v) is 5.48. The SMILES string of the molecule is C[C@@H](Oc1ccc2c(-c3ccc(F)cc3Cl)c[nH]c(=O)c2c1)C(=O)N1CC2CC1CN2C(=O)OC(C)(C)C. The summed E-state index contributed by atoms with van der Waals surface area (Å²) in [5.41, 5.74) is 0.314. The second kappa shape index (κ2) is 9.62. The van der Waals surface area contributed by atoms with E-state index in [1.807, 2.05) is 20.8 Å². The molecule has 0 spiro atoms. The van der Waals surface area contributed by atoms with Crippen LogP contribution >= 0.6 is 11.6 Å². The number of likely N-dealkylation sites (tertiary alicyclic amines) is 2. The maximum absolute atomic E-state index is 13.5. The first-order valence-electron chi connectivity index (χ1n) is 12.5. The number of benzene rings is 2. The van der Waals surface area contributed by atoms with Crippen LogP contribution in [0.1, 0.15) is 34.1 Å². The Hall–Kier alpha value is -3.59. The summed E-state index contributed by atoms with van der Waals surface area (Å²) in [7, 11) is 0. The topological polar surface area (TPSA) is 91.9 Å². The Labute approximate surface area is 224 Å². The Balaban J connectivity index is 1.30. The van der Waals surface area contributed by atoms with E-state index in [1.54, 1.807) is 47.2 Å². The number of carbonyl (C=O) groups excluding carboxylic acids is 2. The molecule has 200 valence electrons. The molecule has 38 heavy (non-hydrogen) atoms. The summed E-state index contributed by atoms with van der Waals surface area (Å²) >= 11 is 6.26. The summed E-state index contributed by atoms with van der Waals surface area (Å²) in [6.07, 6.45) is 1.09. The average molecular weight is 542 g/mol. The number of fused-ring (bicyclic) bond motifs is 3. The minimum Gasteiger partial charge on any atom is -0.481 e. The fourth-order valence-electron chi connectivity index (χ4n) is 5.21. The lowest BCUT2D eigenvalue weighted by atomic mass is 10.0. The molecular formula is C28H29ClFN3O5. The third-order valence-electron chi connectivity index (χ3n) is 6.91. The molecule has 3 aromatic rings. The van der Waals surface area contributed by atoms with Crippen molar-refractivity contribution in [1.29, 1.82) is 0 Å². The van der Waals surface area contributed by atoms with Gasteiger partial charge in [0.1, 0.15) is 17.2 Å². The number of nitrogens with zero attached hydrogens (tertiary/aromatic N) is 2. The molecule has 3 heterocycles. The zero-order chi connectivity index (χ0) is 27.4. The highest BCUT2D eigenvalue weighted by molar-refractivity contribution is 6.33. The van der Waals surface area contributed by atoms with E-state index in [0.29, 0.717) is 47.2 Å². The smallest absolute Gasteiger partial charge is 0.410 e. The normalized spacial score (nSPS) is 19.6. The van der Waals surface area contributed by atoms with E-state index in [-0.39, 0.29) is 34.7 Å². The van der Waals surface area contributed by atoms with Crippen molar-refractivity contribution in [2.24, 2.45) is 0 Å². The fraction of sp³-hybridized carbons (Fsp3) is 0.393. The van der Waals surface area contributed by atoms with E-state index in [0.717, 1.165) is 0 Å². The lowest BCUT2D eigenvalue weighted by molar-refractivity contribution is -0.140. The molecule has 2 fully saturated rings. The van der Waals surface area contributed by atoms with E-state index in [1.165, 1.54) is 12.1 Å². The zero-order valence-corrected chi connectivity index (χ0v) is 22.3. The molecule has 8 nitrogen and oxygen atoms in total. The van der Waals surface area contributed by atoms with Gasteiger partial charge < -0.3 is 24.3 Å². The maximum Gasteiger partial charge on any atom is 0.410 e. The molecule has 3 atom stereocenters. The summed E-state index contributed by atoms with van der Waals surface area (Å²) in [5.74, 6) is -0.265. The molecule has 2 aliphatic rings. The number of nitrogens with one attached hydrogen (secondary N) is 1. The van der Waals surface area contributed by atoms with Crippen molar-refractivity contribution < 1.29 is 23.5 Å². The van der Waals surface area contributed by atoms with Gasteiger partial charge in [0.05, 0.1) is 22.5 Å². The summed E-state index contributed by atoms with van der Waals surface area (Å²) in [6.45, 7) is 8.01. The van der Waals surface area contributed by atoms with E-state index in [9.17, 15) is 18.8 Å². The third kappa shape index (κ3) is 4.95. The largest absolute Gasteiger partial charge is 0.481 e. The van der Waals surface area contributed by atoms with Crippen molar-refractivity contribution in [1.82, 2.24) is 14.8 Å². The van der Waals surface area contributed by atoms with Gasteiger partial charge in [-0.25, -0.2) is 9.18 Å². The van der Waals surface area contributed by atoms with Crippen molar-refractivity contribution >= 4 is 34.4 Å². The van der Waals surface area contributed by atoms with Crippen LogP contribution in [-0.4, -0.2) is 63.7 Å². The van der Waals surface area contributed by atoms with Crippen molar-refractivity contribution in [2.75, 3.05) is 13.1 Å². The Bertz CT molecular complexity index is 1480. The number of hydrogen-bond acceptors (Lipinski definition) is 5. The molecule has 5 rings (SSSR count). The average Bonchev–Trinajstić information content (AvgIpc) is 3.45. The summed E-state index contributed by atoms with van der Waals surface area (Å²) in [5, 5.41) is 1.20. The van der Waals surface area contributed by atoms with Crippen LogP contribution in [0.2, 0.25) is 5.02 Å². The summed E-state index contributed by atoms with van der Waals surface area (Å²) < 4.78 is 25.0. The zero-order valence-electron chi connectivity index (χ0n) is 21.6. The van der Waals surface area contributed by atoms with E-state index >= 15 is 0 Å². The Kier molecular flexibility index (Phi) is 6.59. The molecule has 0 radical (unpaired) electrons. The molecule has 2 unspecified atom stereocenters. The van der Waals surface area contributed by atoms with Crippen LogP contribution in [0.15, 0.2) is 47.4 Å². The van der Waals surface area contributed by atoms with Crippen LogP contribution in [0.3, 0.4) is 0 Å². The second-order valence-electron chi connectivity index (χ2n) is 10.8. The molecule has 10 heteroatoms. The van der Waals surface area contributed by atoms with Crippen LogP contribution in [0.25, 0.3) is 21.9 Å². The van der Waals surface area contributed by atoms with Gasteiger partial charge in [-0.05, 0) is 75.9 Å². The monoisotopic (exact) mass is 541 g/mol. The predicted octanol–water partition coefficient (Wildman–Crippen LogP) is 4.98. The van der Waals surface area contributed by atoms with Gasteiger partial charge >= 0.3 is 6.09 Å². The number of hydrogen-bond donors (Lipinski definition) is 1. The first kappa shape index (κ1) is 26.0. The lowest BCUT2D eigenvalue weighted by Gasteiger charge is -2.36. The number of halogens is 2. The number of carbonyl (C=O) groups is 2. The molecule has 2 saturated heterocycles. The van der Waals surface area contributed by atoms with Crippen molar-refractivity contribution in [2.45, 2.75) is 57.9 Å². The van der Waals surface area contributed by atoms with Crippen molar-refractivity contribution in [3.63, 3.8) is 0 Å². The molecule has 1 N–H and O–H groups in total. The number of pyridine rings is 1. The van der Waals surface area contributed by atoms with Gasteiger partial charge in [-0.2, -0.15) is 0 Å². The predicted molar refractivity (Wildman–Crippen MR) is 142 cm³/mol. The second-order valence-corrected chi connectivity index (χ2v) is 11.2. The molecule has 0 saturated carbocycles. The van der Waals surface area contributed by atoms with Gasteiger partial charge in [0, 0.05) is 30.4 Å². The minimum atomic E-state index is -0.796. The Morgan fingerprint density at radius 1 is 1.05 bits per heavy atom. The van der Waals surface area contributed by atoms with E-state index in [4.69, 9.17) is 21.1 Å². The summed E-state index contributed by atoms with van der Waals surface area (Å²) in [6, 6.07) is 8.91. The van der Waals surface area contributed by atoms with Crippen LogP contribution in [0.4, 0.5) is 9.18 Å². The highest BCUT2D eigenvalue weighted by Crippen LogP contribution is 2.35. The number of amides is 2. The number of piperazine rings is 1. The first-order chi connectivity index (χ1) is 17.9. The highest BCUT2D eigenvalue weighted by Gasteiger charge is 2.49. The van der Waals surface area contributed by atoms with Crippen LogP contribution < -0.4 is 10.3 Å². The number of H-pyrrole nitrogens is 1. The van der Waals surface area contributed by atoms with Gasteiger partial charge in [0.15, 0.2) is 6.10 Å². The molecule has 2 bridgehead atoms. The van der Waals surface area contributed by atoms with Gasteiger partial charge in [-0.3, -0.25) is 9.59 Å².